The van der Waals surface area contributed by atoms with Crippen LogP contribution in [0.4, 0.5) is 0 Å². The number of methoxy groups -OCH3 is 2. The van der Waals surface area contributed by atoms with Crippen LogP contribution in [-0.4, -0.2) is 53.1 Å². The fourth-order valence-electron chi connectivity index (χ4n) is 2.60. The van der Waals surface area contributed by atoms with Crippen LogP contribution in [0.2, 0.25) is 0 Å². The summed E-state index contributed by atoms with van der Waals surface area (Å²) in [5, 5.41) is 3.15. The molecular formula is C14H23ClN2O4S. The Hall–Kier alpha value is -1.02. The van der Waals surface area contributed by atoms with E-state index in [1.54, 1.807) is 18.2 Å². The molecule has 1 aliphatic rings. The Bertz CT molecular complexity index is 572. The molecule has 1 aromatic carbocycles. The maximum Gasteiger partial charge on any atom is 0.250 e. The SMILES string of the molecule is CNC1CCCN(S(=O)(=O)c2c(OC)cccc2OC)C1.Cl. The second-order valence-electron chi connectivity index (χ2n) is 4.98. The van der Waals surface area contributed by atoms with E-state index in [0.717, 1.165) is 12.8 Å². The van der Waals surface area contributed by atoms with Crippen molar-refractivity contribution >= 4 is 22.4 Å². The minimum Gasteiger partial charge on any atom is -0.495 e. The summed E-state index contributed by atoms with van der Waals surface area (Å²) in [6.07, 6.45) is 1.81. The van der Waals surface area contributed by atoms with Crippen molar-refractivity contribution in [2.75, 3.05) is 34.4 Å². The predicted octanol–water partition coefficient (Wildman–Crippen LogP) is 1.50. The van der Waals surface area contributed by atoms with Crippen molar-refractivity contribution in [3.05, 3.63) is 18.2 Å². The van der Waals surface area contributed by atoms with Crippen LogP contribution >= 0.6 is 12.4 Å². The minimum atomic E-state index is -3.65. The van der Waals surface area contributed by atoms with Gasteiger partial charge in [0.25, 0.3) is 10.0 Å². The quantitative estimate of drug-likeness (QED) is 0.871. The molecule has 0 aromatic heterocycles. The summed E-state index contributed by atoms with van der Waals surface area (Å²) in [7, 11) is 1.12. The van der Waals surface area contributed by atoms with Gasteiger partial charge in [-0.1, -0.05) is 6.07 Å². The second-order valence-corrected chi connectivity index (χ2v) is 6.86. The molecule has 0 spiro atoms. The Morgan fingerprint density at radius 2 is 1.82 bits per heavy atom. The third-order valence-electron chi connectivity index (χ3n) is 3.77. The number of hydrogen-bond acceptors (Lipinski definition) is 5. The zero-order valence-electron chi connectivity index (χ0n) is 13.0. The normalized spacial score (nSPS) is 19.3. The Kier molecular flexibility index (Phi) is 6.93. The Morgan fingerprint density at radius 3 is 2.32 bits per heavy atom. The number of likely N-dealkylation sites (N-methyl/N-ethyl adjacent to an activating group) is 1. The number of nitrogens with zero attached hydrogens (tertiary/aromatic N) is 1. The third kappa shape index (κ3) is 3.65. The van der Waals surface area contributed by atoms with E-state index in [4.69, 9.17) is 9.47 Å². The predicted molar refractivity (Wildman–Crippen MR) is 87.6 cm³/mol. The van der Waals surface area contributed by atoms with E-state index in [1.165, 1.54) is 18.5 Å². The van der Waals surface area contributed by atoms with Crippen LogP contribution in [0.25, 0.3) is 0 Å². The highest BCUT2D eigenvalue weighted by molar-refractivity contribution is 7.89. The van der Waals surface area contributed by atoms with Gasteiger partial charge in [0.2, 0.25) is 0 Å². The average Bonchev–Trinajstić information content (AvgIpc) is 2.53. The molecule has 1 N–H and O–H groups in total. The van der Waals surface area contributed by atoms with Crippen LogP contribution in [0, 0.1) is 0 Å². The first-order chi connectivity index (χ1) is 10.0. The lowest BCUT2D eigenvalue weighted by atomic mass is 10.1. The van der Waals surface area contributed by atoms with Gasteiger partial charge < -0.3 is 14.8 Å². The molecule has 1 aromatic rings. The lowest BCUT2D eigenvalue weighted by Gasteiger charge is -2.32. The second kappa shape index (κ2) is 8.01. The van der Waals surface area contributed by atoms with Gasteiger partial charge in [0, 0.05) is 19.1 Å². The lowest BCUT2D eigenvalue weighted by molar-refractivity contribution is 0.289. The summed E-state index contributed by atoms with van der Waals surface area (Å²) in [6, 6.07) is 5.15. The summed E-state index contributed by atoms with van der Waals surface area (Å²) < 4.78 is 37.8. The van der Waals surface area contributed by atoms with E-state index < -0.39 is 10.0 Å². The highest BCUT2D eigenvalue weighted by Crippen LogP contribution is 2.35. The Balaban J connectivity index is 0.00000242. The van der Waals surface area contributed by atoms with Gasteiger partial charge in [-0.25, -0.2) is 8.42 Å². The Morgan fingerprint density at radius 1 is 1.23 bits per heavy atom. The number of nitrogens with one attached hydrogen (secondary N) is 1. The molecular weight excluding hydrogens is 328 g/mol. The molecule has 0 bridgehead atoms. The van der Waals surface area contributed by atoms with Gasteiger partial charge >= 0.3 is 0 Å². The van der Waals surface area contributed by atoms with Gasteiger partial charge in [0.1, 0.15) is 11.5 Å². The van der Waals surface area contributed by atoms with Crippen molar-refractivity contribution in [1.29, 1.82) is 0 Å². The highest BCUT2D eigenvalue weighted by atomic mass is 35.5. The maximum absolute atomic E-state index is 12.9. The summed E-state index contributed by atoms with van der Waals surface area (Å²) in [4.78, 5) is 0.103. The maximum atomic E-state index is 12.9. The summed E-state index contributed by atoms with van der Waals surface area (Å²) in [5.41, 5.74) is 0. The third-order valence-corrected chi connectivity index (χ3v) is 5.70. The zero-order valence-corrected chi connectivity index (χ0v) is 14.7. The molecule has 0 radical (unpaired) electrons. The fraction of sp³-hybridized carbons (Fsp3) is 0.571. The van der Waals surface area contributed by atoms with Crippen molar-refractivity contribution in [3.8, 4) is 11.5 Å². The van der Waals surface area contributed by atoms with Crippen LogP contribution in [-0.2, 0) is 10.0 Å². The molecule has 1 aliphatic heterocycles. The minimum absolute atomic E-state index is 0. The average molecular weight is 351 g/mol. The zero-order chi connectivity index (χ0) is 15.5. The van der Waals surface area contributed by atoms with Crippen LogP contribution in [0.5, 0.6) is 11.5 Å². The van der Waals surface area contributed by atoms with E-state index >= 15 is 0 Å². The van der Waals surface area contributed by atoms with Gasteiger partial charge in [-0.3, -0.25) is 0 Å². The highest BCUT2D eigenvalue weighted by Gasteiger charge is 2.34. The fourth-order valence-corrected chi connectivity index (χ4v) is 4.41. The van der Waals surface area contributed by atoms with Crippen LogP contribution < -0.4 is 14.8 Å². The van der Waals surface area contributed by atoms with Crippen molar-refractivity contribution in [3.63, 3.8) is 0 Å². The molecule has 0 aliphatic carbocycles. The molecule has 1 heterocycles. The van der Waals surface area contributed by atoms with E-state index in [0.29, 0.717) is 24.6 Å². The smallest absolute Gasteiger partial charge is 0.250 e. The molecule has 0 saturated carbocycles. The van der Waals surface area contributed by atoms with Gasteiger partial charge in [-0.05, 0) is 32.0 Å². The number of piperidine rings is 1. The summed E-state index contributed by atoms with van der Waals surface area (Å²) in [5.74, 6) is 0.613. The van der Waals surface area contributed by atoms with E-state index in [2.05, 4.69) is 5.32 Å². The van der Waals surface area contributed by atoms with Gasteiger partial charge in [0.05, 0.1) is 14.2 Å². The van der Waals surface area contributed by atoms with E-state index in [9.17, 15) is 8.42 Å². The first-order valence-corrected chi connectivity index (χ1v) is 8.37. The lowest BCUT2D eigenvalue weighted by Crippen LogP contribution is -2.46. The van der Waals surface area contributed by atoms with Crippen LogP contribution in [0.1, 0.15) is 12.8 Å². The number of rotatable bonds is 5. The standard InChI is InChI=1S/C14H22N2O4S.ClH/c1-15-11-6-5-9-16(10-11)21(17,18)14-12(19-2)7-4-8-13(14)20-3;/h4,7-8,11,15H,5-6,9-10H2,1-3H3;1H. The molecule has 126 valence electrons. The first-order valence-electron chi connectivity index (χ1n) is 6.93. The summed E-state index contributed by atoms with van der Waals surface area (Å²) in [6.45, 7) is 0.974. The van der Waals surface area contributed by atoms with E-state index in [1.807, 2.05) is 7.05 Å². The Labute approximate surface area is 138 Å². The molecule has 6 nitrogen and oxygen atoms in total. The molecule has 1 atom stereocenters. The molecule has 1 fully saturated rings. The first kappa shape index (κ1) is 19.0. The van der Waals surface area contributed by atoms with Crippen molar-refractivity contribution in [2.45, 2.75) is 23.8 Å². The van der Waals surface area contributed by atoms with Gasteiger partial charge in [-0.2, -0.15) is 4.31 Å². The van der Waals surface area contributed by atoms with Crippen molar-refractivity contribution < 1.29 is 17.9 Å². The molecule has 22 heavy (non-hydrogen) atoms. The number of hydrogen-bond donors (Lipinski definition) is 1. The van der Waals surface area contributed by atoms with E-state index in [-0.39, 0.29) is 23.3 Å². The van der Waals surface area contributed by atoms with Gasteiger partial charge in [-0.15, -0.1) is 12.4 Å². The molecule has 8 heteroatoms. The van der Waals surface area contributed by atoms with Crippen molar-refractivity contribution in [2.24, 2.45) is 0 Å². The number of ether oxygens (including phenoxy) is 2. The topological polar surface area (TPSA) is 67.9 Å². The molecule has 1 unspecified atom stereocenters. The van der Waals surface area contributed by atoms with Crippen molar-refractivity contribution in [1.82, 2.24) is 9.62 Å². The number of benzene rings is 1. The largest absolute Gasteiger partial charge is 0.495 e. The van der Waals surface area contributed by atoms with Crippen LogP contribution in [0.3, 0.4) is 0 Å². The number of sulfonamides is 1. The summed E-state index contributed by atoms with van der Waals surface area (Å²) >= 11 is 0. The number of halogens is 1. The van der Waals surface area contributed by atoms with Gasteiger partial charge in [0.15, 0.2) is 4.90 Å². The molecule has 0 amide bonds. The molecule has 2 rings (SSSR count). The van der Waals surface area contributed by atoms with Crippen LogP contribution in [0.15, 0.2) is 23.1 Å². The monoisotopic (exact) mass is 350 g/mol. The molecule has 1 saturated heterocycles.